The Morgan fingerprint density at radius 2 is 2.14 bits per heavy atom. The van der Waals surface area contributed by atoms with Gasteiger partial charge in [-0.2, -0.15) is 15.2 Å². The third kappa shape index (κ3) is 3.15. The van der Waals surface area contributed by atoms with Crippen LogP contribution in [0, 0.1) is 5.82 Å². The van der Waals surface area contributed by atoms with Gasteiger partial charge in [0.15, 0.2) is 4.80 Å². The quantitative estimate of drug-likeness (QED) is 0.745. The van der Waals surface area contributed by atoms with Crippen molar-refractivity contribution in [2.24, 2.45) is 4.99 Å². The van der Waals surface area contributed by atoms with Crippen LogP contribution in [0.4, 0.5) is 4.39 Å². The van der Waals surface area contributed by atoms with Crippen LogP contribution in [-0.4, -0.2) is 20.7 Å². The minimum Gasteiger partial charge on any atom is -0.319 e. The van der Waals surface area contributed by atoms with E-state index in [4.69, 9.17) is 0 Å². The smallest absolute Gasteiger partial charge is 0.281 e. The second kappa shape index (κ2) is 6.40. The molecule has 0 radical (unpaired) electrons. The van der Waals surface area contributed by atoms with Gasteiger partial charge in [-0.05, 0) is 12.1 Å². The number of thiazole rings is 1. The average Bonchev–Trinajstić information content (AvgIpc) is 2.97. The molecule has 0 saturated carbocycles. The molecule has 5 nitrogen and oxygen atoms in total. The molecule has 0 aliphatic carbocycles. The highest BCUT2D eigenvalue weighted by atomic mass is 32.1. The monoisotopic (exact) mass is 314 g/mol. The Bertz CT molecular complexity index is 857. The van der Waals surface area contributed by atoms with E-state index >= 15 is 0 Å². The van der Waals surface area contributed by atoms with Crippen molar-refractivity contribution in [1.82, 2.24) is 14.8 Å². The first kappa shape index (κ1) is 14.3. The fraction of sp³-hybridized carbons (Fsp3) is 0.0667. The molecule has 0 bridgehead atoms. The molecular weight excluding hydrogens is 303 g/mol. The largest absolute Gasteiger partial charge is 0.319 e. The summed E-state index contributed by atoms with van der Waals surface area (Å²) in [6, 6.07) is 8.08. The number of halogens is 1. The highest BCUT2D eigenvalue weighted by molar-refractivity contribution is 7.07. The topological polar surface area (TPSA) is 60.1 Å². The Morgan fingerprint density at radius 3 is 2.91 bits per heavy atom. The van der Waals surface area contributed by atoms with E-state index in [1.165, 1.54) is 29.8 Å². The Morgan fingerprint density at radius 1 is 1.27 bits per heavy atom. The van der Waals surface area contributed by atoms with Crippen LogP contribution in [0.15, 0.2) is 59.3 Å². The Kier molecular flexibility index (Phi) is 4.15. The summed E-state index contributed by atoms with van der Waals surface area (Å²) in [5.74, 6) is -0.684. The number of aromatic nitrogens is 3. The van der Waals surface area contributed by atoms with Crippen LogP contribution >= 0.6 is 11.3 Å². The lowest BCUT2D eigenvalue weighted by Gasteiger charge is -2.04. The number of carbonyl (C=O) groups is 1. The van der Waals surface area contributed by atoms with Gasteiger partial charge < -0.3 is 4.57 Å². The Hall–Kier alpha value is -2.67. The first-order valence-corrected chi connectivity index (χ1v) is 7.35. The summed E-state index contributed by atoms with van der Waals surface area (Å²) in [5.41, 5.74) is 0.904. The molecule has 0 N–H and O–H groups in total. The fourth-order valence-electron chi connectivity index (χ4n) is 1.89. The number of nitrogens with zero attached hydrogens (tertiary/aromatic N) is 4. The van der Waals surface area contributed by atoms with E-state index in [9.17, 15) is 9.18 Å². The number of carbonyl (C=O) groups excluding carboxylic acids is 1. The molecule has 0 atom stereocenters. The highest BCUT2D eigenvalue weighted by Crippen LogP contribution is 2.08. The van der Waals surface area contributed by atoms with Gasteiger partial charge >= 0.3 is 0 Å². The third-order valence-electron chi connectivity index (χ3n) is 2.99. The van der Waals surface area contributed by atoms with Crippen LogP contribution < -0.4 is 4.80 Å². The van der Waals surface area contributed by atoms with Gasteiger partial charge in [0.2, 0.25) is 0 Å². The fourth-order valence-corrected chi connectivity index (χ4v) is 2.61. The lowest BCUT2D eigenvalue weighted by molar-refractivity contribution is 0.0997. The molecule has 7 heteroatoms. The number of hydrogen-bond donors (Lipinski definition) is 0. The summed E-state index contributed by atoms with van der Waals surface area (Å²) < 4.78 is 15.4. The van der Waals surface area contributed by atoms with E-state index in [0.717, 1.165) is 0 Å². The van der Waals surface area contributed by atoms with Gasteiger partial charge in [0.05, 0.1) is 24.5 Å². The second-order valence-electron chi connectivity index (χ2n) is 4.45. The van der Waals surface area contributed by atoms with Crippen molar-refractivity contribution in [2.45, 2.75) is 6.54 Å². The standard InChI is InChI=1S/C15H11FN4OS/c16-13-4-2-1-3-12(13)10-20-7-8-22-15(20)19-14(21)11-5-6-17-18-9-11/h1-9H,10H2. The second-order valence-corrected chi connectivity index (χ2v) is 5.33. The van der Waals surface area contributed by atoms with Crippen molar-refractivity contribution in [2.75, 3.05) is 0 Å². The molecule has 0 aliphatic heterocycles. The predicted molar refractivity (Wildman–Crippen MR) is 79.7 cm³/mol. The van der Waals surface area contributed by atoms with Crippen LogP contribution in [0.5, 0.6) is 0 Å². The number of hydrogen-bond acceptors (Lipinski definition) is 4. The van der Waals surface area contributed by atoms with Crippen molar-refractivity contribution in [3.8, 4) is 0 Å². The maximum Gasteiger partial charge on any atom is 0.281 e. The predicted octanol–water partition coefficient (Wildman–Crippen LogP) is 2.27. The number of rotatable bonds is 3. The molecule has 0 saturated heterocycles. The summed E-state index contributed by atoms with van der Waals surface area (Å²) >= 11 is 1.31. The summed E-state index contributed by atoms with van der Waals surface area (Å²) in [7, 11) is 0. The van der Waals surface area contributed by atoms with Gasteiger partial charge in [0, 0.05) is 17.1 Å². The van der Waals surface area contributed by atoms with E-state index in [-0.39, 0.29) is 5.82 Å². The molecule has 2 aromatic heterocycles. The minimum atomic E-state index is -0.403. The molecule has 0 spiro atoms. The highest BCUT2D eigenvalue weighted by Gasteiger charge is 2.06. The average molecular weight is 314 g/mol. The SMILES string of the molecule is O=C(N=c1sccn1Cc1ccccc1F)c1ccnnc1. The zero-order chi connectivity index (χ0) is 15.4. The maximum absolute atomic E-state index is 13.7. The molecule has 110 valence electrons. The van der Waals surface area contributed by atoms with Crippen molar-refractivity contribution in [1.29, 1.82) is 0 Å². The molecule has 2 heterocycles. The molecule has 3 aromatic rings. The van der Waals surface area contributed by atoms with Gasteiger partial charge in [-0.3, -0.25) is 4.79 Å². The molecular formula is C15H11FN4OS. The summed E-state index contributed by atoms with van der Waals surface area (Å²) in [4.78, 5) is 16.6. The maximum atomic E-state index is 13.7. The lowest BCUT2D eigenvalue weighted by Crippen LogP contribution is -2.17. The Labute approximate surface area is 129 Å². The van der Waals surface area contributed by atoms with Gasteiger partial charge in [0.25, 0.3) is 5.91 Å². The van der Waals surface area contributed by atoms with Crippen molar-refractivity contribution < 1.29 is 9.18 Å². The van der Waals surface area contributed by atoms with Crippen molar-refractivity contribution >= 4 is 17.2 Å². The summed E-state index contributed by atoms with van der Waals surface area (Å²) in [6.45, 7) is 0.316. The van der Waals surface area contributed by atoms with Crippen LogP contribution in [0.1, 0.15) is 15.9 Å². The lowest BCUT2D eigenvalue weighted by atomic mass is 10.2. The molecule has 0 unspecified atom stereocenters. The first-order valence-electron chi connectivity index (χ1n) is 6.47. The van der Waals surface area contributed by atoms with Gasteiger partial charge in [-0.1, -0.05) is 18.2 Å². The number of amides is 1. The van der Waals surface area contributed by atoms with Gasteiger partial charge in [0.1, 0.15) is 5.82 Å². The van der Waals surface area contributed by atoms with Crippen LogP contribution in [0.25, 0.3) is 0 Å². The molecule has 0 aliphatic rings. The third-order valence-corrected chi connectivity index (χ3v) is 3.78. The zero-order valence-electron chi connectivity index (χ0n) is 11.4. The van der Waals surface area contributed by atoms with E-state index in [1.807, 2.05) is 0 Å². The summed E-state index contributed by atoms with van der Waals surface area (Å²) in [5, 5.41) is 9.08. The normalized spacial score (nSPS) is 11.6. The molecule has 3 rings (SSSR count). The van der Waals surface area contributed by atoms with Crippen molar-refractivity contribution in [3.63, 3.8) is 0 Å². The Balaban J connectivity index is 1.91. The molecule has 1 amide bonds. The number of benzene rings is 1. The van der Waals surface area contributed by atoms with Gasteiger partial charge in [-0.25, -0.2) is 4.39 Å². The van der Waals surface area contributed by atoms with E-state index in [0.29, 0.717) is 22.5 Å². The minimum absolute atomic E-state index is 0.281. The van der Waals surface area contributed by atoms with E-state index in [1.54, 1.807) is 40.4 Å². The van der Waals surface area contributed by atoms with Crippen LogP contribution in [0.2, 0.25) is 0 Å². The van der Waals surface area contributed by atoms with E-state index in [2.05, 4.69) is 15.2 Å². The van der Waals surface area contributed by atoms with Gasteiger partial charge in [-0.15, -0.1) is 11.3 Å². The molecule has 1 aromatic carbocycles. The van der Waals surface area contributed by atoms with Crippen molar-refractivity contribution in [3.05, 3.63) is 76.0 Å². The first-order chi connectivity index (χ1) is 10.7. The van der Waals surface area contributed by atoms with Crippen LogP contribution in [0.3, 0.4) is 0 Å². The van der Waals surface area contributed by atoms with E-state index < -0.39 is 5.91 Å². The molecule has 22 heavy (non-hydrogen) atoms. The zero-order valence-corrected chi connectivity index (χ0v) is 12.2. The van der Waals surface area contributed by atoms with Crippen LogP contribution in [-0.2, 0) is 6.54 Å². The summed E-state index contributed by atoms with van der Waals surface area (Å²) in [6.07, 6.45) is 4.57. The molecule has 0 fully saturated rings.